The predicted octanol–water partition coefficient (Wildman–Crippen LogP) is 0.540. The Bertz CT molecular complexity index is 42.2. The molecule has 1 nitrogen and oxygen atoms in total. The van der Waals surface area contributed by atoms with E-state index in [0.29, 0.717) is 31.9 Å². The zero-order valence-electron chi connectivity index (χ0n) is 3.32. The van der Waals surface area contributed by atoms with Gasteiger partial charge in [-0.3, -0.25) is 0 Å². The van der Waals surface area contributed by atoms with E-state index in [0.717, 1.165) is 3.93 Å². The van der Waals surface area contributed by atoms with Crippen LogP contribution in [0.3, 0.4) is 0 Å². The molecule has 0 aromatic rings. The Morgan fingerprint density at radius 1 is 2.00 bits per heavy atom. The van der Waals surface area contributed by atoms with E-state index in [1.807, 2.05) is 0 Å². The summed E-state index contributed by atoms with van der Waals surface area (Å²) < 4.78 is 0.861. The Morgan fingerprint density at radius 2 is 2.20 bits per heavy atom. The first-order chi connectivity index (χ1) is 2.27. The number of hydrogen-bond donors (Lipinski definition) is 0. The molecule has 0 aromatic heterocycles. The molecule has 0 rings (SSSR count). The number of Topliss-reactive ketones (excluding diaryl/α,β-unsaturated/α-hetero) is 1. The molecule has 24 valence electrons. The van der Waals surface area contributed by atoms with Crippen molar-refractivity contribution in [2.75, 3.05) is 0 Å². The number of carbonyl (C=O) groups excluding carboxylic acids is 1. The van der Waals surface area contributed by atoms with Gasteiger partial charge in [0.25, 0.3) is 0 Å². The van der Waals surface area contributed by atoms with Crippen LogP contribution in [0.4, 0.5) is 0 Å². The summed E-state index contributed by atoms with van der Waals surface area (Å²) in [5.74, 6) is 0.341. The average molecular weight is 258 g/mol. The van der Waals surface area contributed by atoms with E-state index in [9.17, 15) is 4.79 Å². The van der Waals surface area contributed by atoms with Gasteiger partial charge in [-0.25, -0.2) is 0 Å². The molecule has 2 heteroatoms. The molecule has 0 heterocycles. The molecule has 0 aliphatic carbocycles. The van der Waals surface area contributed by atoms with Gasteiger partial charge in [0, 0.05) is 0 Å². The molecule has 5 heavy (non-hydrogen) atoms. The van der Waals surface area contributed by atoms with Crippen molar-refractivity contribution in [1.29, 1.82) is 0 Å². The van der Waals surface area contributed by atoms with Crippen molar-refractivity contribution in [1.82, 2.24) is 0 Å². The summed E-state index contributed by atoms with van der Waals surface area (Å²) in [4.78, 5) is 9.86. The molecule has 0 atom stereocenters. The molecule has 0 bridgehead atoms. The zero-order valence-corrected chi connectivity index (χ0v) is 8.82. The van der Waals surface area contributed by atoms with E-state index < -0.39 is 0 Å². The molecule has 0 aliphatic rings. The Morgan fingerprint density at radius 3 is 2.20 bits per heavy atom. The van der Waals surface area contributed by atoms with E-state index in [1.165, 1.54) is 0 Å². The van der Waals surface area contributed by atoms with Crippen LogP contribution in [0.5, 0.6) is 0 Å². The summed E-state index contributed by atoms with van der Waals surface area (Å²) in [7, 11) is 0. The predicted molar refractivity (Wildman–Crippen MR) is 15.5 cm³/mol. The van der Waals surface area contributed by atoms with Crippen LogP contribution < -0.4 is 0 Å². The Balaban J connectivity index is 2.85. The SMILES string of the molecule is CC(=O)[CH2][Hg+]. The van der Waals surface area contributed by atoms with Crippen LogP contribution in [0, 0.1) is 0 Å². The Labute approximate surface area is 47.7 Å². The quantitative estimate of drug-likeness (QED) is 0.627. The molecule has 0 amide bonds. The van der Waals surface area contributed by atoms with E-state index >= 15 is 0 Å². The van der Waals surface area contributed by atoms with Gasteiger partial charge in [-0.1, -0.05) is 0 Å². The van der Waals surface area contributed by atoms with E-state index in [-0.39, 0.29) is 0 Å². The number of carbonyl (C=O) groups is 1. The Hall–Kier alpha value is 0.605. The van der Waals surface area contributed by atoms with Gasteiger partial charge in [-0.2, -0.15) is 0 Å². The maximum atomic E-state index is 9.86. The minimum absolute atomic E-state index is 0.341. The second-order valence-electron chi connectivity index (χ2n) is 0.952. The summed E-state index contributed by atoms with van der Waals surface area (Å²) in [5.41, 5.74) is 0. The van der Waals surface area contributed by atoms with Gasteiger partial charge in [0.15, 0.2) is 0 Å². The van der Waals surface area contributed by atoms with E-state index in [1.54, 1.807) is 6.92 Å². The van der Waals surface area contributed by atoms with Gasteiger partial charge in [-0.15, -0.1) is 0 Å². The first kappa shape index (κ1) is 5.61. The van der Waals surface area contributed by atoms with Crippen molar-refractivity contribution in [3.8, 4) is 0 Å². The Kier molecular flexibility index (Phi) is 3.16. The fourth-order valence-electron chi connectivity index (χ4n) is 0. The van der Waals surface area contributed by atoms with Gasteiger partial charge in [0.05, 0.1) is 0 Å². The number of hydrogen-bond acceptors (Lipinski definition) is 1. The number of rotatable bonds is 1. The van der Waals surface area contributed by atoms with Crippen LogP contribution in [0.2, 0.25) is 3.93 Å². The van der Waals surface area contributed by atoms with Crippen LogP contribution >= 0.6 is 0 Å². The fourth-order valence-corrected chi connectivity index (χ4v) is 0. The third-order valence-electron chi connectivity index (χ3n) is 0.352. The van der Waals surface area contributed by atoms with Gasteiger partial charge in [-0.05, 0) is 0 Å². The standard InChI is InChI=1S/C3H5O.Hg/c1-3(2)4;/h1H2,2H3;/q;+1. The van der Waals surface area contributed by atoms with E-state index in [4.69, 9.17) is 0 Å². The van der Waals surface area contributed by atoms with Crippen molar-refractivity contribution in [2.24, 2.45) is 0 Å². The van der Waals surface area contributed by atoms with Crippen molar-refractivity contribution >= 4 is 5.78 Å². The summed E-state index contributed by atoms with van der Waals surface area (Å²) in [6.45, 7) is 1.63. The number of ketones is 1. The molecule has 0 radical (unpaired) electrons. The molecule has 0 saturated carbocycles. The van der Waals surface area contributed by atoms with Crippen LogP contribution in [0.25, 0.3) is 0 Å². The molecular formula is C3H5HgO+. The molecular weight excluding hydrogens is 253 g/mol. The topological polar surface area (TPSA) is 17.1 Å². The van der Waals surface area contributed by atoms with Crippen LogP contribution in [-0.2, 0) is 30.9 Å². The third-order valence-corrected chi connectivity index (χ3v) is 3.09. The average Bonchev–Trinajstić information content (AvgIpc) is 1.38. The molecule has 0 saturated heterocycles. The van der Waals surface area contributed by atoms with Crippen LogP contribution in [0.15, 0.2) is 0 Å². The molecule has 0 unspecified atom stereocenters. The molecule has 0 spiro atoms. The second kappa shape index (κ2) is 2.82. The summed E-state index contributed by atoms with van der Waals surface area (Å²) in [6, 6.07) is 0. The van der Waals surface area contributed by atoms with Crippen molar-refractivity contribution in [2.45, 2.75) is 10.9 Å². The van der Waals surface area contributed by atoms with Crippen LogP contribution in [-0.4, -0.2) is 5.78 Å². The zero-order chi connectivity index (χ0) is 4.28. The maximum absolute atomic E-state index is 9.86. The minimum atomic E-state index is 0.341. The molecule has 0 aliphatic heterocycles. The summed E-state index contributed by atoms with van der Waals surface area (Å²) in [5, 5.41) is 0. The molecule has 0 aromatic carbocycles. The summed E-state index contributed by atoms with van der Waals surface area (Å²) in [6.07, 6.45) is 0. The van der Waals surface area contributed by atoms with Crippen molar-refractivity contribution in [3.05, 3.63) is 0 Å². The molecule has 0 fully saturated rings. The van der Waals surface area contributed by atoms with E-state index in [2.05, 4.69) is 0 Å². The normalized spacial score (nSPS) is 7.80. The molecule has 0 N–H and O–H groups in total. The van der Waals surface area contributed by atoms with Crippen LogP contribution in [0.1, 0.15) is 6.92 Å². The second-order valence-corrected chi connectivity index (χ2v) is 2.90. The van der Waals surface area contributed by atoms with Crippen molar-refractivity contribution in [3.63, 3.8) is 0 Å². The summed E-state index contributed by atoms with van der Waals surface area (Å²) >= 11 is 0.694. The first-order valence-corrected chi connectivity index (χ1v) is 5.45. The van der Waals surface area contributed by atoms with Gasteiger partial charge in [0.2, 0.25) is 0 Å². The van der Waals surface area contributed by atoms with Gasteiger partial charge < -0.3 is 0 Å². The van der Waals surface area contributed by atoms with Gasteiger partial charge in [0.1, 0.15) is 0 Å². The monoisotopic (exact) mass is 259 g/mol. The van der Waals surface area contributed by atoms with Gasteiger partial charge >= 0.3 is 47.6 Å². The third kappa shape index (κ3) is 4.61. The fraction of sp³-hybridized carbons (Fsp3) is 0.667. The first-order valence-electron chi connectivity index (χ1n) is 1.56. The van der Waals surface area contributed by atoms with Crippen molar-refractivity contribution < 1.29 is 30.9 Å².